The lowest BCUT2D eigenvalue weighted by molar-refractivity contribution is -0.125. The fourth-order valence-electron chi connectivity index (χ4n) is 1.73. The second-order valence-corrected chi connectivity index (χ2v) is 3.57. The highest BCUT2D eigenvalue weighted by Gasteiger charge is 2.22. The molecular formula is C11H23NO. The minimum Gasteiger partial charge on any atom is -0.359 e. The van der Waals surface area contributed by atoms with Crippen LogP contribution in [0.15, 0.2) is 0 Å². The van der Waals surface area contributed by atoms with Gasteiger partial charge in [0.05, 0.1) is 0 Å². The molecule has 78 valence electrons. The third-order valence-electron chi connectivity index (χ3n) is 2.63. The van der Waals surface area contributed by atoms with Gasteiger partial charge in [0.1, 0.15) is 0 Å². The van der Waals surface area contributed by atoms with Gasteiger partial charge in [-0.15, -0.1) is 0 Å². The Balaban J connectivity index is 0.000000671. The van der Waals surface area contributed by atoms with Gasteiger partial charge in [-0.3, -0.25) is 4.79 Å². The fourth-order valence-corrected chi connectivity index (χ4v) is 1.73. The van der Waals surface area contributed by atoms with E-state index in [1.807, 2.05) is 13.8 Å². The van der Waals surface area contributed by atoms with Crippen molar-refractivity contribution < 1.29 is 4.79 Å². The van der Waals surface area contributed by atoms with Crippen LogP contribution in [0.2, 0.25) is 0 Å². The number of hydrogen-bond acceptors (Lipinski definition) is 1. The summed E-state index contributed by atoms with van der Waals surface area (Å²) in [4.78, 5) is 11.2. The largest absolute Gasteiger partial charge is 0.359 e. The van der Waals surface area contributed by atoms with Crippen LogP contribution < -0.4 is 5.32 Å². The smallest absolute Gasteiger partial charge is 0.222 e. The van der Waals surface area contributed by atoms with Crippen LogP contribution in [0.25, 0.3) is 0 Å². The van der Waals surface area contributed by atoms with Crippen molar-refractivity contribution in [2.24, 2.45) is 11.8 Å². The molecule has 13 heavy (non-hydrogen) atoms. The summed E-state index contributed by atoms with van der Waals surface area (Å²) in [5.74, 6) is 1.36. The van der Waals surface area contributed by atoms with Gasteiger partial charge in [-0.25, -0.2) is 0 Å². The average Bonchev–Trinajstić information content (AvgIpc) is 2.21. The van der Waals surface area contributed by atoms with Gasteiger partial charge in [-0.05, 0) is 31.6 Å². The second-order valence-electron chi connectivity index (χ2n) is 3.57. The van der Waals surface area contributed by atoms with Gasteiger partial charge in [0.25, 0.3) is 0 Å². The number of nitrogens with one attached hydrogen (secondary N) is 1. The third-order valence-corrected chi connectivity index (χ3v) is 2.63. The molecule has 0 aliphatic heterocycles. The van der Waals surface area contributed by atoms with Gasteiger partial charge < -0.3 is 5.32 Å². The molecular weight excluding hydrogens is 162 g/mol. The highest BCUT2D eigenvalue weighted by atomic mass is 16.1. The number of hydrogen-bond donors (Lipinski definition) is 1. The molecule has 1 amide bonds. The molecule has 0 bridgehead atoms. The van der Waals surface area contributed by atoms with Crippen molar-refractivity contribution in [3.05, 3.63) is 0 Å². The standard InChI is InChI=1S/C9H17NO.C2H6/c1-7-3-5-8(6-4-7)9(11)10-2;1-2/h7-8H,3-6H2,1-2H3,(H,10,11);1-2H3. The average molecular weight is 185 g/mol. The molecule has 0 radical (unpaired) electrons. The highest BCUT2D eigenvalue weighted by molar-refractivity contribution is 5.78. The van der Waals surface area contributed by atoms with E-state index in [2.05, 4.69) is 12.2 Å². The Hall–Kier alpha value is -0.530. The van der Waals surface area contributed by atoms with Crippen molar-refractivity contribution in [1.29, 1.82) is 0 Å². The molecule has 2 nitrogen and oxygen atoms in total. The SMILES string of the molecule is CC.CNC(=O)C1CCC(C)CC1. The summed E-state index contributed by atoms with van der Waals surface area (Å²) in [6, 6.07) is 0. The Kier molecular flexibility index (Phi) is 6.65. The van der Waals surface area contributed by atoms with Crippen molar-refractivity contribution >= 4 is 5.91 Å². The Bertz CT molecular complexity index is 137. The monoisotopic (exact) mass is 185 g/mol. The van der Waals surface area contributed by atoms with Crippen molar-refractivity contribution in [3.8, 4) is 0 Å². The first-order chi connectivity index (χ1) is 6.24. The first-order valence-corrected chi connectivity index (χ1v) is 5.45. The lowest BCUT2D eigenvalue weighted by Crippen LogP contribution is -2.30. The minimum atomic E-state index is 0.233. The normalized spacial score (nSPS) is 27.1. The second kappa shape index (κ2) is 6.93. The summed E-state index contributed by atoms with van der Waals surface area (Å²) in [6.45, 7) is 6.26. The Morgan fingerprint density at radius 2 is 1.62 bits per heavy atom. The van der Waals surface area contributed by atoms with E-state index in [0.717, 1.165) is 18.8 Å². The van der Waals surface area contributed by atoms with Crippen LogP contribution in [0.4, 0.5) is 0 Å². The zero-order valence-corrected chi connectivity index (χ0v) is 9.39. The van der Waals surface area contributed by atoms with E-state index < -0.39 is 0 Å². The van der Waals surface area contributed by atoms with Crippen LogP contribution >= 0.6 is 0 Å². The highest BCUT2D eigenvalue weighted by Crippen LogP contribution is 2.27. The van der Waals surface area contributed by atoms with Crippen LogP contribution in [0.3, 0.4) is 0 Å². The molecule has 1 rings (SSSR count). The maximum atomic E-state index is 11.2. The van der Waals surface area contributed by atoms with E-state index >= 15 is 0 Å². The van der Waals surface area contributed by atoms with E-state index in [1.54, 1.807) is 7.05 Å². The summed E-state index contributed by atoms with van der Waals surface area (Å²) in [5.41, 5.74) is 0. The lowest BCUT2D eigenvalue weighted by atomic mass is 9.83. The van der Waals surface area contributed by atoms with Crippen molar-refractivity contribution in [2.75, 3.05) is 7.05 Å². The number of rotatable bonds is 1. The maximum Gasteiger partial charge on any atom is 0.222 e. The van der Waals surface area contributed by atoms with Crippen molar-refractivity contribution in [2.45, 2.75) is 46.5 Å². The van der Waals surface area contributed by atoms with Gasteiger partial charge in [0, 0.05) is 13.0 Å². The fraction of sp³-hybridized carbons (Fsp3) is 0.909. The maximum absolute atomic E-state index is 11.2. The molecule has 0 aromatic carbocycles. The van der Waals surface area contributed by atoms with Crippen LogP contribution in [-0.4, -0.2) is 13.0 Å². The number of amides is 1. The summed E-state index contributed by atoms with van der Waals surface area (Å²) >= 11 is 0. The summed E-state index contributed by atoms with van der Waals surface area (Å²) in [7, 11) is 1.72. The number of carbonyl (C=O) groups excluding carboxylic acids is 1. The Morgan fingerprint density at radius 3 is 2.00 bits per heavy atom. The molecule has 2 heteroatoms. The van der Waals surface area contributed by atoms with E-state index in [1.165, 1.54) is 12.8 Å². The van der Waals surface area contributed by atoms with E-state index in [-0.39, 0.29) is 5.91 Å². The lowest BCUT2D eigenvalue weighted by Gasteiger charge is -2.24. The predicted molar refractivity (Wildman–Crippen MR) is 56.5 cm³/mol. The summed E-state index contributed by atoms with van der Waals surface area (Å²) in [5, 5.41) is 2.71. The minimum absolute atomic E-state index is 0.233. The van der Waals surface area contributed by atoms with Crippen LogP contribution in [0.1, 0.15) is 46.5 Å². The predicted octanol–water partition coefficient (Wildman–Crippen LogP) is 2.58. The van der Waals surface area contributed by atoms with E-state index in [4.69, 9.17) is 0 Å². The first-order valence-electron chi connectivity index (χ1n) is 5.45. The van der Waals surface area contributed by atoms with Crippen LogP contribution in [0.5, 0.6) is 0 Å². The molecule has 0 unspecified atom stereocenters. The van der Waals surface area contributed by atoms with E-state index in [9.17, 15) is 4.79 Å². The van der Waals surface area contributed by atoms with Gasteiger partial charge in [-0.1, -0.05) is 20.8 Å². The zero-order valence-electron chi connectivity index (χ0n) is 9.39. The number of carbonyl (C=O) groups is 1. The van der Waals surface area contributed by atoms with Crippen LogP contribution in [0, 0.1) is 11.8 Å². The first kappa shape index (κ1) is 12.5. The van der Waals surface area contributed by atoms with Gasteiger partial charge >= 0.3 is 0 Å². The molecule has 1 N–H and O–H groups in total. The Morgan fingerprint density at radius 1 is 1.15 bits per heavy atom. The summed E-state index contributed by atoms with van der Waals surface area (Å²) in [6.07, 6.45) is 4.61. The topological polar surface area (TPSA) is 29.1 Å². The Labute approximate surface area is 82.1 Å². The van der Waals surface area contributed by atoms with E-state index in [0.29, 0.717) is 5.92 Å². The molecule has 0 atom stereocenters. The van der Waals surface area contributed by atoms with Gasteiger partial charge in [0.2, 0.25) is 5.91 Å². The molecule has 1 aliphatic carbocycles. The van der Waals surface area contributed by atoms with Crippen molar-refractivity contribution in [3.63, 3.8) is 0 Å². The third kappa shape index (κ3) is 4.30. The molecule has 0 spiro atoms. The van der Waals surface area contributed by atoms with Gasteiger partial charge in [-0.2, -0.15) is 0 Å². The molecule has 0 aromatic rings. The molecule has 1 fully saturated rings. The van der Waals surface area contributed by atoms with Crippen molar-refractivity contribution in [1.82, 2.24) is 5.32 Å². The molecule has 1 aliphatic rings. The summed E-state index contributed by atoms with van der Waals surface area (Å²) < 4.78 is 0. The molecule has 0 saturated heterocycles. The quantitative estimate of drug-likeness (QED) is 0.668. The molecule has 0 aromatic heterocycles. The van der Waals surface area contributed by atoms with Gasteiger partial charge in [0.15, 0.2) is 0 Å². The molecule has 1 saturated carbocycles. The zero-order chi connectivity index (χ0) is 10.3. The van der Waals surface area contributed by atoms with Crippen LogP contribution in [-0.2, 0) is 4.79 Å². The molecule has 0 heterocycles.